The maximum atomic E-state index is 13.7. The van der Waals surface area contributed by atoms with E-state index in [0.29, 0.717) is 6.61 Å². The second-order valence-corrected chi connectivity index (χ2v) is 4.82. The molecule has 1 fully saturated rings. The molecule has 0 amide bonds. The van der Waals surface area contributed by atoms with E-state index in [2.05, 4.69) is 0 Å². The summed E-state index contributed by atoms with van der Waals surface area (Å²) in [6.07, 6.45) is 3.34. The van der Waals surface area contributed by atoms with Crippen LogP contribution in [0.4, 0.5) is 4.39 Å². The second kappa shape index (κ2) is 5.98. The van der Waals surface area contributed by atoms with Crippen LogP contribution >= 0.6 is 0 Å². The summed E-state index contributed by atoms with van der Waals surface area (Å²) >= 11 is 0. The van der Waals surface area contributed by atoms with Crippen LogP contribution in [0.2, 0.25) is 0 Å². The predicted octanol–water partition coefficient (Wildman–Crippen LogP) is 3.66. The Balaban J connectivity index is 1.95. The van der Waals surface area contributed by atoms with Crippen molar-refractivity contribution in [3.05, 3.63) is 35.6 Å². The number of hydrogen-bond acceptors (Lipinski definition) is 2. The molecule has 1 aliphatic rings. The molecule has 0 aromatic heterocycles. The molecule has 0 unspecified atom stereocenters. The van der Waals surface area contributed by atoms with Crippen molar-refractivity contribution in [1.29, 1.82) is 0 Å². The summed E-state index contributed by atoms with van der Waals surface area (Å²) in [7, 11) is 0. The van der Waals surface area contributed by atoms with E-state index < -0.39 is 0 Å². The van der Waals surface area contributed by atoms with Crippen molar-refractivity contribution < 1.29 is 13.9 Å². The van der Waals surface area contributed by atoms with Crippen LogP contribution in [0.1, 0.15) is 44.1 Å². The van der Waals surface area contributed by atoms with E-state index in [4.69, 9.17) is 4.74 Å². The summed E-state index contributed by atoms with van der Waals surface area (Å²) in [5.74, 6) is 0.0337. The van der Waals surface area contributed by atoms with Gasteiger partial charge >= 0.3 is 5.97 Å². The number of halogens is 1. The van der Waals surface area contributed by atoms with Gasteiger partial charge in [-0.25, -0.2) is 4.39 Å². The largest absolute Gasteiger partial charge is 0.466 e. The second-order valence-electron chi connectivity index (χ2n) is 4.82. The fourth-order valence-electron chi connectivity index (χ4n) is 2.71. The molecule has 0 atom stereocenters. The lowest BCUT2D eigenvalue weighted by atomic mass is 9.78. The summed E-state index contributed by atoms with van der Waals surface area (Å²) in [5.41, 5.74) is 0.791. The number of carbonyl (C=O) groups excluding carboxylic acids is 1. The fourth-order valence-corrected chi connectivity index (χ4v) is 2.71. The SMILES string of the molecule is CCOC(=O)C1CCC(c2ccccc2F)CC1. The van der Waals surface area contributed by atoms with Crippen LogP contribution in [0, 0.1) is 11.7 Å². The van der Waals surface area contributed by atoms with Crippen molar-refractivity contribution in [2.24, 2.45) is 5.92 Å². The minimum absolute atomic E-state index is 0.00738. The highest BCUT2D eigenvalue weighted by Gasteiger charge is 2.28. The molecule has 98 valence electrons. The van der Waals surface area contributed by atoms with Gasteiger partial charge in [0.05, 0.1) is 12.5 Å². The van der Waals surface area contributed by atoms with Crippen LogP contribution < -0.4 is 0 Å². The molecule has 0 radical (unpaired) electrons. The van der Waals surface area contributed by atoms with Crippen LogP contribution in [0.25, 0.3) is 0 Å². The molecule has 0 saturated heterocycles. The molecule has 2 nitrogen and oxygen atoms in total. The van der Waals surface area contributed by atoms with Gasteiger partial charge in [-0.1, -0.05) is 18.2 Å². The maximum absolute atomic E-state index is 13.7. The van der Waals surface area contributed by atoms with Gasteiger partial charge in [0.25, 0.3) is 0 Å². The monoisotopic (exact) mass is 250 g/mol. The van der Waals surface area contributed by atoms with E-state index in [1.54, 1.807) is 6.07 Å². The molecule has 0 aliphatic heterocycles. The van der Waals surface area contributed by atoms with Crippen molar-refractivity contribution in [3.63, 3.8) is 0 Å². The lowest BCUT2D eigenvalue weighted by molar-refractivity contribution is -0.149. The Labute approximate surface area is 107 Å². The van der Waals surface area contributed by atoms with E-state index in [1.165, 1.54) is 6.07 Å². The average Bonchev–Trinajstić information content (AvgIpc) is 2.40. The van der Waals surface area contributed by atoms with Gasteiger partial charge in [0.2, 0.25) is 0 Å². The van der Waals surface area contributed by atoms with Crippen LogP contribution in [0.15, 0.2) is 24.3 Å². The third kappa shape index (κ3) is 2.89. The summed E-state index contributed by atoms with van der Waals surface area (Å²) in [5, 5.41) is 0. The molecule has 1 saturated carbocycles. The Morgan fingerprint density at radius 3 is 2.56 bits per heavy atom. The predicted molar refractivity (Wildman–Crippen MR) is 67.7 cm³/mol. The molecule has 0 spiro atoms. The summed E-state index contributed by atoms with van der Waals surface area (Å²) < 4.78 is 18.7. The number of benzene rings is 1. The number of esters is 1. The highest BCUT2D eigenvalue weighted by atomic mass is 19.1. The van der Waals surface area contributed by atoms with Gasteiger partial charge in [-0.2, -0.15) is 0 Å². The fraction of sp³-hybridized carbons (Fsp3) is 0.533. The van der Waals surface area contributed by atoms with Crippen LogP contribution in [0.3, 0.4) is 0 Å². The Kier molecular flexibility index (Phi) is 4.34. The number of ether oxygens (including phenoxy) is 1. The van der Waals surface area contributed by atoms with Gasteiger partial charge in [0.1, 0.15) is 5.82 Å². The molecule has 2 rings (SSSR count). The van der Waals surface area contributed by atoms with Crippen LogP contribution in [-0.4, -0.2) is 12.6 Å². The first-order chi connectivity index (χ1) is 8.72. The van der Waals surface area contributed by atoms with E-state index in [-0.39, 0.29) is 23.6 Å². The van der Waals surface area contributed by atoms with Crippen molar-refractivity contribution in [2.45, 2.75) is 38.5 Å². The number of carbonyl (C=O) groups is 1. The number of rotatable bonds is 3. The number of hydrogen-bond donors (Lipinski definition) is 0. The van der Waals surface area contributed by atoms with E-state index in [0.717, 1.165) is 31.2 Å². The Hall–Kier alpha value is -1.38. The highest BCUT2D eigenvalue weighted by molar-refractivity contribution is 5.72. The zero-order valence-corrected chi connectivity index (χ0v) is 10.7. The normalized spacial score (nSPS) is 23.7. The molecule has 0 N–H and O–H groups in total. The van der Waals surface area contributed by atoms with Crippen LogP contribution in [0.5, 0.6) is 0 Å². The van der Waals surface area contributed by atoms with Gasteiger partial charge in [-0.3, -0.25) is 4.79 Å². The Bertz CT molecular complexity index is 409. The van der Waals surface area contributed by atoms with Crippen molar-refractivity contribution in [1.82, 2.24) is 0 Å². The minimum atomic E-state index is -0.128. The highest BCUT2D eigenvalue weighted by Crippen LogP contribution is 2.37. The summed E-state index contributed by atoms with van der Waals surface area (Å²) in [4.78, 5) is 11.6. The molecular formula is C15H19FO2. The van der Waals surface area contributed by atoms with E-state index in [9.17, 15) is 9.18 Å². The third-order valence-electron chi connectivity index (χ3n) is 3.69. The Morgan fingerprint density at radius 1 is 1.28 bits per heavy atom. The van der Waals surface area contributed by atoms with Gasteiger partial charge in [-0.05, 0) is 50.2 Å². The standard InChI is InChI=1S/C15H19FO2/c1-2-18-15(17)12-9-7-11(8-10-12)13-5-3-4-6-14(13)16/h3-6,11-12H,2,7-10H2,1H3. The molecular weight excluding hydrogens is 231 g/mol. The topological polar surface area (TPSA) is 26.3 Å². The molecule has 1 aromatic rings. The van der Waals surface area contributed by atoms with Gasteiger partial charge in [-0.15, -0.1) is 0 Å². The zero-order chi connectivity index (χ0) is 13.0. The minimum Gasteiger partial charge on any atom is -0.466 e. The first kappa shape index (κ1) is 13.1. The lowest BCUT2D eigenvalue weighted by Crippen LogP contribution is -2.23. The molecule has 1 aromatic carbocycles. The van der Waals surface area contributed by atoms with E-state index in [1.807, 2.05) is 19.1 Å². The first-order valence-corrected chi connectivity index (χ1v) is 6.63. The quantitative estimate of drug-likeness (QED) is 0.765. The zero-order valence-electron chi connectivity index (χ0n) is 10.7. The van der Waals surface area contributed by atoms with Gasteiger partial charge < -0.3 is 4.74 Å². The molecule has 3 heteroatoms. The van der Waals surface area contributed by atoms with Crippen molar-refractivity contribution in [2.75, 3.05) is 6.61 Å². The van der Waals surface area contributed by atoms with E-state index >= 15 is 0 Å². The van der Waals surface area contributed by atoms with Gasteiger partial charge in [0.15, 0.2) is 0 Å². The Morgan fingerprint density at radius 2 is 1.94 bits per heavy atom. The van der Waals surface area contributed by atoms with Gasteiger partial charge in [0, 0.05) is 0 Å². The summed E-state index contributed by atoms with van der Waals surface area (Å²) in [6.45, 7) is 2.26. The average molecular weight is 250 g/mol. The van der Waals surface area contributed by atoms with Crippen molar-refractivity contribution >= 4 is 5.97 Å². The van der Waals surface area contributed by atoms with Crippen molar-refractivity contribution in [3.8, 4) is 0 Å². The molecule has 0 heterocycles. The smallest absolute Gasteiger partial charge is 0.308 e. The maximum Gasteiger partial charge on any atom is 0.308 e. The molecule has 18 heavy (non-hydrogen) atoms. The summed E-state index contributed by atoms with van der Waals surface area (Å²) in [6, 6.07) is 6.94. The first-order valence-electron chi connectivity index (χ1n) is 6.63. The molecule has 0 bridgehead atoms. The molecule has 1 aliphatic carbocycles. The van der Waals surface area contributed by atoms with Crippen LogP contribution in [-0.2, 0) is 9.53 Å². The lowest BCUT2D eigenvalue weighted by Gasteiger charge is -2.27. The third-order valence-corrected chi connectivity index (χ3v) is 3.69.